The Hall–Kier alpha value is -1.82. The largest absolute Gasteiger partial charge is 0.322 e. The average Bonchev–Trinajstić information content (AvgIpc) is 2.90. The van der Waals surface area contributed by atoms with Crippen molar-refractivity contribution in [3.8, 4) is 5.69 Å². The molecule has 23 heavy (non-hydrogen) atoms. The molecule has 118 valence electrons. The number of para-hydroxylation sites is 1. The van der Waals surface area contributed by atoms with Gasteiger partial charge < -0.3 is 5.32 Å². The molecule has 0 radical (unpaired) electrons. The monoisotopic (exact) mass is 368 g/mol. The highest BCUT2D eigenvalue weighted by molar-refractivity contribution is 6.76. The molecule has 1 aromatic heterocycles. The van der Waals surface area contributed by atoms with E-state index in [4.69, 9.17) is 34.8 Å². The molecule has 1 heterocycles. The van der Waals surface area contributed by atoms with Crippen LogP contribution < -0.4 is 5.32 Å². The summed E-state index contributed by atoms with van der Waals surface area (Å²) >= 11 is 16.7. The van der Waals surface area contributed by atoms with Crippen LogP contribution in [0.5, 0.6) is 0 Å². The number of rotatable bonds is 2. The van der Waals surface area contributed by atoms with Gasteiger partial charge in [0.15, 0.2) is 0 Å². The fourth-order valence-electron chi connectivity index (χ4n) is 2.07. The normalized spacial score (nSPS) is 11.7. The molecule has 3 rings (SSSR count). The van der Waals surface area contributed by atoms with Gasteiger partial charge in [0.25, 0.3) is 9.70 Å². The smallest absolute Gasteiger partial charge is 0.276 e. The zero-order valence-electron chi connectivity index (χ0n) is 11.9. The van der Waals surface area contributed by atoms with Gasteiger partial charge in [-0.2, -0.15) is 4.80 Å². The third-order valence-corrected chi connectivity index (χ3v) is 3.73. The van der Waals surface area contributed by atoms with E-state index in [9.17, 15) is 4.79 Å². The van der Waals surface area contributed by atoms with Crippen molar-refractivity contribution in [2.75, 3.05) is 5.32 Å². The first-order chi connectivity index (χ1) is 10.8. The van der Waals surface area contributed by atoms with Gasteiger partial charge in [-0.1, -0.05) is 53.0 Å². The Balaban J connectivity index is 2.00. The Bertz CT molecular complexity index is 872. The first kappa shape index (κ1) is 16.1. The number of alkyl halides is 3. The van der Waals surface area contributed by atoms with E-state index in [0.717, 1.165) is 11.3 Å². The standard InChI is InChI=1S/C15H11Cl3N4O/c1-9-7-12-13(8-11(9)19-14(23)15(16,17)18)21-22(20-12)10-5-3-2-4-6-10/h2-8H,1H3,(H,19,23). The summed E-state index contributed by atoms with van der Waals surface area (Å²) in [4.78, 5) is 13.3. The average molecular weight is 370 g/mol. The SMILES string of the molecule is Cc1cc2nn(-c3ccccc3)nc2cc1NC(=O)C(Cl)(Cl)Cl. The second-order valence-corrected chi connectivity index (χ2v) is 7.21. The molecule has 1 amide bonds. The Labute approximate surface area is 147 Å². The van der Waals surface area contributed by atoms with E-state index in [0.29, 0.717) is 16.7 Å². The van der Waals surface area contributed by atoms with E-state index in [-0.39, 0.29) is 0 Å². The van der Waals surface area contributed by atoms with Crippen LogP contribution in [0.15, 0.2) is 42.5 Å². The number of hydrogen-bond donors (Lipinski definition) is 1. The minimum absolute atomic E-state index is 0.522. The fraction of sp³-hybridized carbons (Fsp3) is 0.133. The van der Waals surface area contributed by atoms with Crippen LogP contribution in [-0.4, -0.2) is 24.7 Å². The molecule has 0 fully saturated rings. The van der Waals surface area contributed by atoms with Gasteiger partial charge >= 0.3 is 0 Å². The third kappa shape index (κ3) is 3.42. The first-order valence-electron chi connectivity index (χ1n) is 6.66. The molecule has 2 aromatic carbocycles. The summed E-state index contributed by atoms with van der Waals surface area (Å²) in [6.45, 7) is 1.83. The second-order valence-electron chi connectivity index (χ2n) is 4.93. The maximum atomic E-state index is 11.8. The number of halogens is 3. The van der Waals surface area contributed by atoms with Crippen LogP contribution in [0.1, 0.15) is 5.56 Å². The van der Waals surface area contributed by atoms with Crippen LogP contribution >= 0.6 is 34.8 Å². The summed E-state index contributed by atoms with van der Waals surface area (Å²) < 4.78 is -2.02. The highest BCUT2D eigenvalue weighted by atomic mass is 35.6. The molecule has 0 saturated carbocycles. The fourth-order valence-corrected chi connectivity index (χ4v) is 2.21. The Morgan fingerprint density at radius 2 is 1.70 bits per heavy atom. The quantitative estimate of drug-likeness (QED) is 0.694. The maximum Gasteiger partial charge on any atom is 0.276 e. The van der Waals surface area contributed by atoms with Crippen molar-refractivity contribution in [2.45, 2.75) is 10.7 Å². The number of nitrogens with one attached hydrogen (secondary N) is 1. The van der Waals surface area contributed by atoms with Crippen LogP contribution in [0, 0.1) is 6.92 Å². The summed E-state index contributed by atoms with van der Waals surface area (Å²) in [5.41, 5.74) is 3.49. The molecular weight excluding hydrogens is 359 g/mol. The summed E-state index contributed by atoms with van der Waals surface area (Å²) in [6.07, 6.45) is 0. The number of nitrogens with zero attached hydrogens (tertiary/aromatic N) is 3. The van der Waals surface area contributed by atoms with Gasteiger partial charge in [-0.25, -0.2) is 0 Å². The van der Waals surface area contributed by atoms with Gasteiger partial charge in [0, 0.05) is 5.69 Å². The highest BCUT2D eigenvalue weighted by Crippen LogP contribution is 2.29. The lowest BCUT2D eigenvalue weighted by atomic mass is 10.1. The molecule has 0 aliphatic heterocycles. The molecule has 0 atom stereocenters. The minimum atomic E-state index is -2.02. The van der Waals surface area contributed by atoms with Gasteiger partial charge in [-0.05, 0) is 36.8 Å². The topological polar surface area (TPSA) is 59.8 Å². The van der Waals surface area contributed by atoms with E-state index in [2.05, 4.69) is 15.5 Å². The number of carbonyl (C=O) groups is 1. The van der Waals surface area contributed by atoms with E-state index >= 15 is 0 Å². The number of aromatic nitrogens is 3. The number of anilines is 1. The molecule has 8 heteroatoms. The third-order valence-electron chi connectivity index (χ3n) is 3.22. The van der Waals surface area contributed by atoms with Crippen LogP contribution in [-0.2, 0) is 4.79 Å². The zero-order valence-corrected chi connectivity index (χ0v) is 14.2. The van der Waals surface area contributed by atoms with Crippen LogP contribution in [0.3, 0.4) is 0 Å². The van der Waals surface area contributed by atoms with Gasteiger partial charge in [-0.3, -0.25) is 4.79 Å². The molecule has 0 unspecified atom stereocenters. The lowest BCUT2D eigenvalue weighted by Gasteiger charge is -2.12. The maximum absolute atomic E-state index is 11.8. The molecule has 5 nitrogen and oxygen atoms in total. The number of carbonyl (C=O) groups excluding carboxylic acids is 1. The molecule has 0 saturated heterocycles. The van der Waals surface area contributed by atoms with E-state index in [1.165, 1.54) is 4.80 Å². The Morgan fingerprint density at radius 1 is 1.09 bits per heavy atom. The van der Waals surface area contributed by atoms with E-state index < -0.39 is 9.70 Å². The van der Waals surface area contributed by atoms with Crippen molar-refractivity contribution in [3.63, 3.8) is 0 Å². The molecule has 1 N–H and O–H groups in total. The minimum Gasteiger partial charge on any atom is -0.322 e. The van der Waals surface area contributed by atoms with E-state index in [1.807, 2.05) is 43.3 Å². The summed E-state index contributed by atoms with van der Waals surface area (Å²) in [5, 5.41) is 11.4. The Morgan fingerprint density at radius 3 is 2.30 bits per heavy atom. The summed E-state index contributed by atoms with van der Waals surface area (Å²) in [7, 11) is 0. The number of amides is 1. The predicted octanol–water partition coefficient (Wildman–Crippen LogP) is 4.04. The molecule has 0 aliphatic rings. The number of benzene rings is 2. The molecule has 0 spiro atoms. The van der Waals surface area contributed by atoms with Crippen LogP contribution in [0.25, 0.3) is 16.7 Å². The first-order valence-corrected chi connectivity index (χ1v) is 7.79. The lowest BCUT2D eigenvalue weighted by molar-refractivity contribution is -0.115. The summed E-state index contributed by atoms with van der Waals surface area (Å²) in [5.74, 6) is -0.722. The van der Waals surface area contributed by atoms with Crippen molar-refractivity contribution in [1.82, 2.24) is 15.0 Å². The van der Waals surface area contributed by atoms with Gasteiger partial charge in [0.05, 0.1) is 5.69 Å². The van der Waals surface area contributed by atoms with Crippen LogP contribution in [0.2, 0.25) is 0 Å². The number of fused-ring (bicyclic) bond motifs is 1. The van der Waals surface area contributed by atoms with Gasteiger partial charge in [-0.15, -0.1) is 10.2 Å². The molecule has 0 bridgehead atoms. The van der Waals surface area contributed by atoms with Crippen molar-refractivity contribution in [3.05, 3.63) is 48.0 Å². The highest BCUT2D eigenvalue weighted by Gasteiger charge is 2.31. The van der Waals surface area contributed by atoms with Crippen molar-refractivity contribution < 1.29 is 4.79 Å². The van der Waals surface area contributed by atoms with Gasteiger partial charge in [0.2, 0.25) is 0 Å². The Kier molecular flexibility index (Phi) is 4.19. The second kappa shape index (κ2) is 6.00. The molecule has 0 aliphatic carbocycles. The van der Waals surface area contributed by atoms with Crippen molar-refractivity contribution >= 4 is 57.4 Å². The van der Waals surface area contributed by atoms with Crippen LogP contribution in [0.4, 0.5) is 5.69 Å². The molecular formula is C15H11Cl3N4O. The van der Waals surface area contributed by atoms with Crippen molar-refractivity contribution in [1.29, 1.82) is 0 Å². The zero-order chi connectivity index (χ0) is 16.6. The number of hydrogen-bond acceptors (Lipinski definition) is 3. The summed E-state index contributed by atoms with van der Waals surface area (Å²) in [6, 6.07) is 13.0. The van der Waals surface area contributed by atoms with Gasteiger partial charge in [0.1, 0.15) is 11.0 Å². The van der Waals surface area contributed by atoms with E-state index in [1.54, 1.807) is 6.07 Å². The number of aryl methyl sites for hydroxylation is 1. The van der Waals surface area contributed by atoms with Crippen molar-refractivity contribution in [2.24, 2.45) is 0 Å². The predicted molar refractivity (Wildman–Crippen MR) is 92.5 cm³/mol. The molecule has 3 aromatic rings. The lowest BCUT2D eigenvalue weighted by Crippen LogP contribution is -2.27.